The summed E-state index contributed by atoms with van der Waals surface area (Å²) in [4.78, 5) is 17.9. The summed E-state index contributed by atoms with van der Waals surface area (Å²) in [6.07, 6.45) is 0. The molecule has 1 atom stereocenters. The molecule has 3 N–H and O–H groups in total. The van der Waals surface area contributed by atoms with E-state index < -0.39 is 12.3 Å². The molecule has 1 aromatic rings. The third-order valence-electron chi connectivity index (χ3n) is 1.42. The van der Waals surface area contributed by atoms with Gasteiger partial charge in [0.2, 0.25) is 6.49 Å². The van der Waals surface area contributed by atoms with E-state index in [0.717, 1.165) is 0 Å². The van der Waals surface area contributed by atoms with Gasteiger partial charge in [0.05, 0.1) is 0 Å². The van der Waals surface area contributed by atoms with Crippen molar-refractivity contribution in [2.24, 2.45) is 0 Å². The molecule has 0 aliphatic carbocycles. The lowest BCUT2D eigenvalue weighted by molar-refractivity contribution is 0.231. The van der Waals surface area contributed by atoms with Gasteiger partial charge >= 0.3 is 0 Å². The lowest BCUT2D eigenvalue weighted by Gasteiger charge is -2.15. The summed E-state index contributed by atoms with van der Waals surface area (Å²) in [7, 11) is 0. The van der Waals surface area contributed by atoms with E-state index in [4.69, 9.17) is 9.79 Å². The third-order valence-corrected chi connectivity index (χ3v) is 2.95. The lowest BCUT2D eigenvalue weighted by Crippen LogP contribution is -1.96. The Morgan fingerprint density at radius 1 is 1.17 bits per heavy atom. The molecule has 0 radical (unpaired) electrons. The van der Waals surface area contributed by atoms with Crippen LogP contribution in [0.3, 0.4) is 0 Å². The quantitative estimate of drug-likeness (QED) is 0.628. The van der Waals surface area contributed by atoms with Gasteiger partial charge in [0.1, 0.15) is 0 Å². The standard InChI is InChI=1S/C7H9O3PS/c8-7(11(9,10)12)6-4-2-1-3-5-6/h1-5,7-8H,(H2,9,10,12). The zero-order valence-electron chi connectivity index (χ0n) is 6.16. The number of rotatable bonds is 2. The summed E-state index contributed by atoms with van der Waals surface area (Å²) in [6, 6.07) is 8.36. The molecule has 1 aromatic carbocycles. The summed E-state index contributed by atoms with van der Waals surface area (Å²) < 4.78 is 0. The van der Waals surface area contributed by atoms with E-state index in [2.05, 4.69) is 11.8 Å². The molecule has 0 aliphatic heterocycles. The van der Waals surface area contributed by atoms with Crippen LogP contribution in [-0.4, -0.2) is 14.9 Å². The monoisotopic (exact) mass is 204 g/mol. The minimum atomic E-state index is -3.59. The summed E-state index contributed by atoms with van der Waals surface area (Å²) in [5, 5.41) is 9.30. The zero-order chi connectivity index (χ0) is 9.19. The molecule has 1 rings (SSSR count). The van der Waals surface area contributed by atoms with Crippen molar-refractivity contribution in [3.05, 3.63) is 35.9 Å². The van der Waals surface area contributed by atoms with Crippen LogP contribution in [0.2, 0.25) is 0 Å². The molecule has 3 nitrogen and oxygen atoms in total. The van der Waals surface area contributed by atoms with E-state index in [1.165, 1.54) is 0 Å². The Hall–Kier alpha value is -0.250. The van der Waals surface area contributed by atoms with Crippen LogP contribution in [-0.2, 0) is 11.8 Å². The van der Waals surface area contributed by atoms with Crippen molar-refractivity contribution < 1.29 is 14.9 Å². The molecule has 0 bridgehead atoms. The maximum Gasteiger partial charge on any atom is 0.216 e. The smallest absolute Gasteiger partial charge is 0.216 e. The second-order valence-corrected chi connectivity index (χ2v) is 5.65. The van der Waals surface area contributed by atoms with Gasteiger partial charge in [-0.05, 0) is 17.4 Å². The van der Waals surface area contributed by atoms with E-state index in [-0.39, 0.29) is 0 Å². The van der Waals surface area contributed by atoms with Crippen molar-refractivity contribution in [1.29, 1.82) is 0 Å². The van der Waals surface area contributed by atoms with Gasteiger partial charge in [-0.3, -0.25) is 0 Å². The van der Waals surface area contributed by atoms with E-state index in [1.807, 2.05) is 0 Å². The Labute approximate surface area is 75.5 Å². The number of aliphatic hydroxyl groups excluding tert-OH is 1. The summed E-state index contributed by atoms with van der Waals surface area (Å²) in [6.45, 7) is -3.59. The predicted octanol–water partition coefficient (Wildman–Crippen LogP) is 0.972. The normalized spacial score (nSPS) is 14.2. The first-order valence-corrected chi connectivity index (χ1v) is 6.08. The molecule has 5 heteroatoms. The molecule has 0 heterocycles. The number of hydrogen-bond donors (Lipinski definition) is 3. The molecule has 66 valence electrons. The minimum absolute atomic E-state index is 0.436. The molecule has 0 saturated heterocycles. The maximum absolute atomic E-state index is 9.30. The first-order chi connectivity index (χ1) is 5.52. The summed E-state index contributed by atoms with van der Waals surface area (Å²) >= 11 is 4.36. The van der Waals surface area contributed by atoms with Crippen LogP contribution in [0.15, 0.2) is 30.3 Å². The van der Waals surface area contributed by atoms with Crippen LogP contribution >= 0.6 is 6.49 Å². The van der Waals surface area contributed by atoms with Crippen molar-refractivity contribution in [3.63, 3.8) is 0 Å². The molecule has 0 saturated carbocycles. The van der Waals surface area contributed by atoms with Gasteiger partial charge in [0.25, 0.3) is 0 Å². The Bertz CT molecular complexity index is 295. The Balaban J connectivity index is 2.94. The van der Waals surface area contributed by atoms with E-state index in [9.17, 15) is 5.11 Å². The lowest BCUT2D eigenvalue weighted by atomic mass is 10.2. The Morgan fingerprint density at radius 2 is 1.67 bits per heavy atom. The summed E-state index contributed by atoms with van der Waals surface area (Å²) in [5.41, 5.74) is 0.436. The molecular weight excluding hydrogens is 195 g/mol. The Morgan fingerprint density at radius 3 is 2.08 bits per heavy atom. The molecular formula is C7H9O3PS. The van der Waals surface area contributed by atoms with Gasteiger partial charge < -0.3 is 14.9 Å². The van der Waals surface area contributed by atoms with E-state index >= 15 is 0 Å². The molecule has 0 fully saturated rings. The fourth-order valence-electron chi connectivity index (χ4n) is 0.819. The third kappa shape index (κ3) is 2.37. The number of hydrogen-bond acceptors (Lipinski definition) is 2. The van der Waals surface area contributed by atoms with E-state index in [1.54, 1.807) is 30.3 Å². The highest BCUT2D eigenvalue weighted by Crippen LogP contribution is 2.49. The van der Waals surface area contributed by atoms with Crippen molar-refractivity contribution in [2.75, 3.05) is 0 Å². The highest BCUT2D eigenvalue weighted by Gasteiger charge is 2.22. The van der Waals surface area contributed by atoms with Gasteiger partial charge in [-0.15, -0.1) is 0 Å². The van der Waals surface area contributed by atoms with Crippen LogP contribution in [0.1, 0.15) is 11.4 Å². The van der Waals surface area contributed by atoms with Gasteiger partial charge in [0, 0.05) is 0 Å². The number of benzene rings is 1. The van der Waals surface area contributed by atoms with Crippen molar-refractivity contribution >= 4 is 18.3 Å². The minimum Gasteiger partial charge on any atom is -0.378 e. The van der Waals surface area contributed by atoms with Crippen LogP contribution in [0.5, 0.6) is 0 Å². The molecule has 0 amide bonds. The highest BCUT2D eigenvalue weighted by atomic mass is 32.5. The van der Waals surface area contributed by atoms with Crippen LogP contribution in [0.25, 0.3) is 0 Å². The number of aliphatic hydroxyl groups is 1. The van der Waals surface area contributed by atoms with Gasteiger partial charge in [-0.1, -0.05) is 30.3 Å². The molecule has 1 unspecified atom stereocenters. The average Bonchev–Trinajstić information content (AvgIpc) is 2.03. The first-order valence-electron chi connectivity index (χ1n) is 3.30. The zero-order valence-corrected chi connectivity index (χ0v) is 7.87. The van der Waals surface area contributed by atoms with Crippen LogP contribution < -0.4 is 0 Å². The van der Waals surface area contributed by atoms with Crippen molar-refractivity contribution in [3.8, 4) is 0 Å². The fraction of sp³-hybridized carbons (Fsp3) is 0.143. The second kappa shape index (κ2) is 3.64. The Kier molecular flexibility index (Phi) is 2.99. The van der Waals surface area contributed by atoms with Crippen molar-refractivity contribution in [1.82, 2.24) is 0 Å². The average molecular weight is 204 g/mol. The molecule has 0 aromatic heterocycles. The fourth-order valence-corrected chi connectivity index (χ4v) is 1.75. The van der Waals surface area contributed by atoms with Gasteiger partial charge in [-0.2, -0.15) is 0 Å². The topological polar surface area (TPSA) is 60.7 Å². The SMILES string of the molecule is OC(c1ccccc1)P(O)(O)=S. The van der Waals surface area contributed by atoms with Gasteiger partial charge in [-0.25, -0.2) is 0 Å². The molecule has 0 aliphatic rings. The molecule has 12 heavy (non-hydrogen) atoms. The largest absolute Gasteiger partial charge is 0.378 e. The van der Waals surface area contributed by atoms with Crippen LogP contribution in [0.4, 0.5) is 0 Å². The van der Waals surface area contributed by atoms with Crippen LogP contribution in [0, 0.1) is 0 Å². The van der Waals surface area contributed by atoms with E-state index in [0.29, 0.717) is 5.56 Å². The maximum atomic E-state index is 9.30. The highest BCUT2D eigenvalue weighted by molar-refractivity contribution is 8.09. The first kappa shape index (κ1) is 9.84. The van der Waals surface area contributed by atoms with Gasteiger partial charge in [0.15, 0.2) is 5.85 Å². The second-order valence-electron chi connectivity index (χ2n) is 2.37. The summed E-state index contributed by atoms with van der Waals surface area (Å²) in [5.74, 6) is -1.34. The van der Waals surface area contributed by atoms with Crippen molar-refractivity contribution in [2.45, 2.75) is 5.85 Å². The molecule has 0 spiro atoms. The predicted molar refractivity (Wildman–Crippen MR) is 50.1 cm³/mol.